The zero-order valence-corrected chi connectivity index (χ0v) is 9.65. The van der Waals surface area contributed by atoms with Gasteiger partial charge in [0.2, 0.25) is 0 Å². The molecular weight excluding hydrogens is 260 g/mol. The van der Waals surface area contributed by atoms with Gasteiger partial charge in [0.25, 0.3) is 0 Å². The molecule has 0 saturated carbocycles. The van der Waals surface area contributed by atoms with E-state index >= 15 is 0 Å². The first kappa shape index (κ1) is 11.7. The Labute approximate surface area is 95.9 Å². The van der Waals surface area contributed by atoms with Gasteiger partial charge in [-0.1, -0.05) is 28.1 Å². The van der Waals surface area contributed by atoms with E-state index in [0.29, 0.717) is 16.3 Å². The maximum atomic E-state index is 11.1. The van der Waals surface area contributed by atoms with E-state index in [4.69, 9.17) is 0 Å². The standard InChI is InChI=1S/C11H9BrO3/c1-15-11(14)9-4-2-8(3-5-9)10(12)6-7-13/h2-7H,1H3/b10-6-. The first-order valence-electron chi connectivity index (χ1n) is 4.18. The number of halogens is 1. The number of rotatable bonds is 3. The Morgan fingerprint density at radius 1 is 1.27 bits per heavy atom. The molecule has 0 spiro atoms. The summed E-state index contributed by atoms with van der Waals surface area (Å²) in [5.74, 6) is -0.378. The number of ether oxygens (including phenoxy) is 1. The van der Waals surface area contributed by atoms with Crippen molar-refractivity contribution < 1.29 is 14.3 Å². The smallest absolute Gasteiger partial charge is 0.337 e. The number of allylic oxidation sites excluding steroid dienone is 1. The normalized spacial score (nSPS) is 10.9. The molecule has 0 fully saturated rings. The Bertz CT molecular complexity index is 393. The molecule has 3 nitrogen and oxygen atoms in total. The third-order valence-corrected chi connectivity index (χ3v) is 2.52. The van der Waals surface area contributed by atoms with Gasteiger partial charge in [-0.25, -0.2) is 4.79 Å². The van der Waals surface area contributed by atoms with Crippen molar-refractivity contribution in [3.05, 3.63) is 41.5 Å². The lowest BCUT2D eigenvalue weighted by Crippen LogP contribution is -2.00. The molecule has 1 aromatic rings. The van der Waals surface area contributed by atoms with Crippen molar-refractivity contribution in [1.82, 2.24) is 0 Å². The van der Waals surface area contributed by atoms with Crippen molar-refractivity contribution >= 4 is 32.7 Å². The van der Waals surface area contributed by atoms with Crippen LogP contribution >= 0.6 is 15.9 Å². The molecule has 0 radical (unpaired) electrons. The van der Waals surface area contributed by atoms with Crippen LogP contribution in [0, 0.1) is 0 Å². The van der Waals surface area contributed by atoms with Crippen LogP contribution in [0.15, 0.2) is 30.3 Å². The van der Waals surface area contributed by atoms with Crippen LogP contribution in [0.2, 0.25) is 0 Å². The fourth-order valence-electron chi connectivity index (χ4n) is 1.04. The van der Waals surface area contributed by atoms with Gasteiger partial charge in [0.15, 0.2) is 0 Å². The van der Waals surface area contributed by atoms with E-state index in [9.17, 15) is 9.59 Å². The van der Waals surface area contributed by atoms with Gasteiger partial charge in [-0.2, -0.15) is 0 Å². The zero-order valence-electron chi connectivity index (χ0n) is 8.07. The second-order valence-electron chi connectivity index (χ2n) is 2.72. The number of carbonyl (C=O) groups is 2. The quantitative estimate of drug-likeness (QED) is 0.480. The van der Waals surface area contributed by atoms with Crippen LogP contribution in [0.3, 0.4) is 0 Å². The largest absolute Gasteiger partial charge is 0.465 e. The van der Waals surface area contributed by atoms with Gasteiger partial charge >= 0.3 is 5.97 Å². The minimum absolute atomic E-state index is 0.378. The van der Waals surface area contributed by atoms with Crippen molar-refractivity contribution in [2.45, 2.75) is 0 Å². The summed E-state index contributed by atoms with van der Waals surface area (Å²) in [7, 11) is 1.33. The minimum Gasteiger partial charge on any atom is -0.465 e. The van der Waals surface area contributed by atoms with Crippen LogP contribution in [0.25, 0.3) is 4.48 Å². The first-order chi connectivity index (χ1) is 7.19. The van der Waals surface area contributed by atoms with Crippen molar-refractivity contribution in [1.29, 1.82) is 0 Å². The number of esters is 1. The third kappa shape index (κ3) is 3.02. The molecular formula is C11H9BrO3. The molecule has 0 aliphatic rings. The lowest BCUT2D eigenvalue weighted by Gasteiger charge is -2.01. The molecule has 15 heavy (non-hydrogen) atoms. The van der Waals surface area contributed by atoms with Gasteiger partial charge in [0.1, 0.15) is 6.29 Å². The summed E-state index contributed by atoms with van der Waals surface area (Å²) < 4.78 is 5.24. The second-order valence-corrected chi connectivity index (χ2v) is 3.57. The minimum atomic E-state index is -0.378. The highest BCUT2D eigenvalue weighted by atomic mass is 79.9. The van der Waals surface area contributed by atoms with Crippen LogP contribution in [-0.4, -0.2) is 19.4 Å². The Morgan fingerprint density at radius 2 is 1.80 bits per heavy atom. The third-order valence-electron chi connectivity index (χ3n) is 1.80. The van der Waals surface area contributed by atoms with E-state index in [0.717, 1.165) is 5.56 Å². The number of aldehydes is 1. The summed E-state index contributed by atoms with van der Waals surface area (Å²) in [6.45, 7) is 0. The topological polar surface area (TPSA) is 43.4 Å². The summed E-state index contributed by atoms with van der Waals surface area (Å²) >= 11 is 3.24. The molecule has 0 aromatic heterocycles. The van der Waals surface area contributed by atoms with Gasteiger partial charge < -0.3 is 4.74 Å². The molecule has 0 heterocycles. The molecule has 0 N–H and O–H groups in total. The average Bonchev–Trinajstić information content (AvgIpc) is 2.28. The van der Waals surface area contributed by atoms with E-state index in [1.54, 1.807) is 24.3 Å². The van der Waals surface area contributed by atoms with Crippen LogP contribution in [-0.2, 0) is 9.53 Å². The predicted molar refractivity (Wildman–Crippen MR) is 60.7 cm³/mol. The van der Waals surface area contributed by atoms with E-state index in [1.807, 2.05) is 0 Å². The lowest BCUT2D eigenvalue weighted by atomic mass is 10.1. The summed E-state index contributed by atoms with van der Waals surface area (Å²) in [4.78, 5) is 21.3. The van der Waals surface area contributed by atoms with Gasteiger partial charge in [-0.05, 0) is 23.8 Å². The van der Waals surface area contributed by atoms with Crippen molar-refractivity contribution in [3.8, 4) is 0 Å². The van der Waals surface area contributed by atoms with Crippen molar-refractivity contribution in [2.75, 3.05) is 7.11 Å². The molecule has 0 unspecified atom stereocenters. The van der Waals surface area contributed by atoms with E-state index < -0.39 is 0 Å². The molecule has 1 rings (SSSR count). The molecule has 0 amide bonds. The van der Waals surface area contributed by atoms with Crippen molar-refractivity contribution in [2.24, 2.45) is 0 Å². The maximum absolute atomic E-state index is 11.1. The Kier molecular flexibility index (Phi) is 4.24. The predicted octanol–water partition coefficient (Wildman–Crippen LogP) is 2.41. The second kappa shape index (κ2) is 5.46. The van der Waals surface area contributed by atoms with Crippen molar-refractivity contribution in [3.63, 3.8) is 0 Å². The number of hydrogen-bond donors (Lipinski definition) is 0. The van der Waals surface area contributed by atoms with Crippen LogP contribution in [0.5, 0.6) is 0 Å². The summed E-state index contributed by atoms with van der Waals surface area (Å²) in [5.41, 5.74) is 1.31. The number of benzene rings is 1. The maximum Gasteiger partial charge on any atom is 0.337 e. The molecule has 0 atom stereocenters. The molecule has 78 valence electrons. The summed E-state index contributed by atoms with van der Waals surface area (Å²) in [6, 6.07) is 6.74. The molecule has 0 aliphatic carbocycles. The molecule has 0 saturated heterocycles. The highest BCUT2D eigenvalue weighted by molar-refractivity contribution is 9.15. The van der Waals surface area contributed by atoms with Gasteiger partial charge in [-0.3, -0.25) is 4.79 Å². The highest BCUT2D eigenvalue weighted by Gasteiger charge is 2.04. The summed E-state index contributed by atoms with van der Waals surface area (Å²) in [5, 5.41) is 0. The average molecular weight is 269 g/mol. The Balaban J connectivity index is 2.94. The van der Waals surface area contributed by atoms with E-state index in [2.05, 4.69) is 20.7 Å². The summed E-state index contributed by atoms with van der Waals surface area (Å²) in [6.07, 6.45) is 2.09. The monoisotopic (exact) mass is 268 g/mol. The Hall–Kier alpha value is -1.42. The van der Waals surface area contributed by atoms with Crippen LogP contribution in [0.1, 0.15) is 15.9 Å². The van der Waals surface area contributed by atoms with Gasteiger partial charge in [0, 0.05) is 4.48 Å². The lowest BCUT2D eigenvalue weighted by molar-refractivity contribution is -0.104. The zero-order chi connectivity index (χ0) is 11.3. The van der Waals surface area contributed by atoms with Crippen LogP contribution < -0.4 is 0 Å². The number of methoxy groups -OCH3 is 1. The number of carbonyl (C=O) groups excluding carboxylic acids is 2. The van der Waals surface area contributed by atoms with Crippen LogP contribution in [0.4, 0.5) is 0 Å². The highest BCUT2D eigenvalue weighted by Crippen LogP contribution is 2.20. The number of hydrogen-bond acceptors (Lipinski definition) is 3. The van der Waals surface area contributed by atoms with Gasteiger partial charge in [-0.15, -0.1) is 0 Å². The molecule has 4 heteroatoms. The van der Waals surface area contributed by atoms with Gasteiger partial charge in [0.05, 0.1) is 12.7 Å². The molecule has 0 aliphatic heterocycles. The van der Waals surface area contributed by atoms with E-state index in [-0.39, 0.29) is 5.97 Å². The SMILES string of the molecule is COC(=O)c1ccc(/C(Br)=C/C=O)cc1. The van der Waals surface area contributed by atoms with E-state index in [1.165, 1.54) is 13.2 Å². The fourth-order valence-corrected chi connectivity index (χ4v) is 1.41. The Morgan fingerprint density at radius 3 is 2.27 bits per heavy atom. The fraction of sp³-hybridized carbons (Fsp3) is 0.0909. The molecule has 0 bridgehead atoms. The first-order valence-corrected chi connectivity index (χ1v) is 4.98. The molecule has 1 aromatic carbocycles.